The average Bonchev–Trinajstić information content (AvgIpc) is 3.12. The zero-order chi connectivity index (χ0) is 24.2. The number of rotatable bonds is 6. The van der Waals surface area contributed by atoms with Crippen LogP contribution in [0.4, 0.5) is 13.2 Å². The molecule has 0 spiro atoms. The number of carbonyl (C=O) groups is 1. The van der Waals surface area contributed by atoms with Gasteiger partial charge < -0.3 is 14.2 Å². The SMILES string of the molecule is C[C@H](Oc1ccc(S(C)(=O)=O)cc1C(=O)N1CCC(c2noc(C3(C)CC3)n2)C1)C(F)(F)F. The minimum absolute atomic E-state index is 0.0904. The molecule has 33 heavy (non-hydrogen) atoms. The molecule has 1 aliphatic carbocycles. The normalized spacial score (nSPS) is 21.2. The Balaban J connectivity index is 1.57. The van der Waals surface area contributed by atoms with Crippen molar-refractivity contribution in [2.45, 2.75) is 61.6 Å². The van der Waals surface area contributed by atoms with Crippen molar-refractivity contribution in [2.75, 3.05) is 19.3 Å². The number of alkyl halides is 3. The van der Waals surface area contributed by atoms with Crippen LogP contribution < -0.4 is 4.74 Å². The highest BCUT2D eigenvalue weighted by Gasteiger charge is 2.45. The maximum Gasteiger partial charge on any atom is 0.425 e. The summed E-state index contributed by atoms with van der Waals surface area (Å²) in [4.78, 5) is 19.0. The highest BCUT2D eigenvalue weighted by molar-refractivity contribution is 7.90. The van der Waals surface area contributed by atoms with Gasteiger partial charge in [-0.2, -0.15) is 18.2 Å². The van der Waals surface area contributed by atoms with Gasteiger partial charge in [-0.05, 0) is 44.4 Å². The van der Waals surface area contributed by atoms with Gasteiger partial charge in [-0.3, -0.25) is 4.79 Å². The van der Waals surface area contributed by atoms with E-state index in [1.165, 1.54) is 4.90 Å². The highest BCUT2D eigenvalue weighted by Crippen LogP contribution is 2.47. The van der Waals surface area contributed by atoms with E-state index in [0.717, 1.165) is 44.2 Å². The van der Waals surface area contributed by atoms with Crippen LogP contribution in [-0.2, 0) is 15.3 Å². The minimum Gasteiger partial charge on any atom is -0.480 e. The van der Waals surface area contributed by atoms with E-state index in [1.54, 1.807) is 0 Å². The maximum atomic E-state index is 13.2. The van der Waals surface area contributed by atoms with Crippen molar-refractivity contribution in [2.24, 2.45) is 0 Å². The molecule has 12 heteroatoms. The molecule has 8 nitrogen and oxygen atoms in total. The number of hydrogen-bond donors (Lipinski definition) is 0. The molecule has 1 aromatic carbocycles. The van der Waals surface area contributed by atoms with Gasteiger partial charge in [0, 0.05) is 30.7 Å². The molecule has 1 saturated carbocycles. The quantitative estimate of drug-likeness (QED) is 0.615. The van der Waals surface area contributed by atoms with Gasteiger partial charge in [0.25, 0.3) is 5.91 Å². The number of hydrogen-bond acceptors (Lipinski definition) is 7. The van der Waals surface area contributed by atoms with Crippen molar-refractivity contribution in [3.8, 4) is 5.75 Å². The maximum absolute atomic E-state index is 13.2. The first-order valence-corrected chi connectivity index (χ1v) is 12.4. The molecule has 2 heterocycles. The van der Waals surface area contributed by atoms with Crippen molar-refractivity contribution >= 4 is 15.7 Å². The average molecular weight is 488 g/mol. The van der Waals surface area contributed by atoms with Crippen LogP contribution in [0, 0.1) is 0 Å². The van der Waals surface area contributed by atoms with Crippen LogP contribution in [0.15, 0.2) is 27.6 Å². The third-order valence-corrected chi connectivity index (χ3v) is 7.28. The van der Waals surface area contributed by atoms with Gasteiger partial charge in [-0.15, -0.1) is 0 Å². The van der Waals surface area contributed by atoms with Gasteiger partial charge in [-0.1, -0.05) is 12.1 Å². The van der Waals surface area contributed by atoms with E-state index in [1.807, 2.05) is 6.92 Å². The Labute approximate surface area is 189 Å². The summed E-state index contributed by atoms with van der Waals surface area (Å²) in [5.41, 5.74) is -0.332. The molecule has 2 fully saturated rings. The van der Waals surface area contributed by atoms with E-state index in [9.17, 15) is 26.4 Å². The Hall–Kier alpha value is -2.63. The Kier molecular flexibility index (Phi) is 5.70. The third kappa shape index (κ3) is 4.85. The Morgan fingerprint density at radius 2 is 2.03 bits per heavy atom. The first kappa shape index (κ1) is 23.5. The molecule has 1 saturated heterocycles. The fourth-order valence-electron chi connectivity index (χ4n) is 3.64. The number of halogens is 3. The summed E-state index contributed by atoms with van der Waals surface area (Å²) < 4.78 is 73.4. The molecule has 2 aromatic rings. The molecule has 0 radical (unpaired) electrons. The van der Waals surface area contributed by atoms with Crippen LogP contribution in [0.3, 0.4) is 0 Å². The Morgan fingerprint density at radius 1 is 1.33 bits per heavy atom. The summed E-state index contributed by atoms with van der Waals surface area (Å²) in [5, 5.41) is 4.05. The molecule has 180 valence electrons. The molecular weight excluding hydrogens is 463 g/mol. The van der Waals surface area contributed by atoms with E-state index in [0.29, 0.717) is 24.7 Å². The molecule has 1 aromatic heterocycles. The zero-order valence-electron chi connectivity index (χ0n) is 18.3. The second-order valence-electron chi connectivity index (χ2n) is 8.99. The summed E-state index contributed by atoms with van der Waals surface area (Å²) in [6.45, 7) is 3.39. The molecule has 2 aliphatic rings. The standard InChI is InChI=1S/C21H24F3N3O5S/c1-12(21(22,23)24)31-16-5-4-14(33(3,29)30)10-15(16)18(28)27-9-6-13(11-27)17-25-19(32-26-17)20(2)7-8-20/h4-5,10,12-13H,6-9,11H2,1-3H3/t12-,13?/m0/s1. The summed E-state index contributed by atoms with van der Waals surface area (Å²) in [6, 6.07) is 3.27. The molecule has 4 rings (SSSR count). The van der Waals surface area contributed by atoms with E-state index >= 15 is 0 Å². The van der Waals surface area contributed by atoms with Crippen molar-refractivity contribution < 1.29 is 35.6 Å². The Morgan fingerprint density at radius 3 is 2.64 bits per heavy atom. The Bertz CT molecular complexity index is 1170. The number of likely N-dealkylation sites (tertiary alicyclic amines) is 1. The molecule has 0 N–H and O–H groups in total. The van der Waals surface area contributed by atoms with Crippen LogP contribution in [0.2, 0.25) is 0 Å². The number of amides is 1. The predicted molar refractivity (Wildman–Crippen MR) is 110 cm³/mol. The summed E-state index contributed by atoms with van der Waals surface area (Å²) in [6.07, 6.45) is -3.39. The van der Waals surface area contributed by atoms with Crippen LogP contribution in [0.1, 0.15) is 61.1 Å². The molecule has 0 bridgehead atoms. The van der Waals surface area contributed by atoms with Crippen LogP contribution >= 0.6 is 0 Å². The first-order valence-electron chi connectivity index (χ1n) is 10.5. The zero-order valence-corrected chi connectivity index (χ0v) is 19.2. The first-order chi connectivity index (χ1) is 15.3. The second-order valence-corrected chi connectivity index (χ2v) is 11.0. The van der Waals surface area contributed by atoms with E-state index in [4.69, 9.17) is 9.26 Å². The lowest BCUT2D eigenvalue weighted by Gasteiger charge is -2.22. The van der Waals surface area contributed by atoms with Crippen LogP contribution in [0.25, 0.3) is 0 Å². The summed E-state index contributed by atoms with van der Waals surface area (Å²) >= 11 is 0. The lowest BCUT2D eigenvalue weighted by Crippen LogP contribution is -2.33. The van der Waals surface area contributed by atoms with E-state index in [-0.39, 0.29) is 34.1 Å². The number of nitrogens with zero attached hydrogens (tertiary/aromatic N) is 3. The lowest BCUT2D eigenvalue weighted by molar-refractivity contribution is -0.189. The number of benzene rings is 1. The fourth-order valence-corrected chi connectivity index (χ4v) is 4.29. The van der Waals surface area contributed by atoms with Gasteiger partial charge in [0.1, 0.15) is 5.75 Å². The number of aromatic nitrogens is 2. The largest absolute Gasteiger partial charge is 0.480 e. The molecule has 1 unspecified atom stereocenters. The van der Waals surface area contributed by atoms with Gasteiger partial charge in [-0.25, -0.2) is 8.42 Å². The number of sulfone groups is 1. The number of carbonyl (C=O) groups excluding carboxylic acids is 1. The molecule has 2 atom stereocenters. The van der Waals surface area contributed by atoms with Crippen LogP contribution in [-0.4, -0.2) is 61.0 Å². The monoisotopic (exact) mass is 487 g/mol. The van der Waals surface area contributed by atoms with Gasteiger partial charge in [0.15, 0.2) is 21.8 Å². The van der Waals surface area contributed by atoms with Crippen molar-refractivity contribution in [1.29, 1.82) is 0 Å². The highest BCUT2D eigenvalue weighted by atomic mass is 32.2. The molecular formula is C21H24F3N3O5S. The van der Waals surface area contributed by atoms with Gasteiger partial charge >= 0.3 is 6.18 Å². The van der Waals surface area contributed by atoms with E-state index in [2.05, 4.69) is 10.1 Å². The predicted octanol–water partition coefficient (Wildman–Crippen LogP) is 3.48. The van der Waals surface area contributed by atoms with Crippen molar-refractivity contribution in [1.82, 2.24) is 15.0 Å². The van der Waals surface area contributed by atoms with Crippen molar-refractivity contribution in [3.05, 3.63) is 35.5 Å². The topological polar surface area (TPSA) is 103 Å². The third-order valence-electron chi connectivity index (χ3n) is 6.17. The summed E-state index contributed by atoms with van der Waals surface area (Å²) in [5.74, 6) is -0.0831. The van der Waals surface area contributed by atoms with Gasteiger partial charge in [0.2, 0.25) is 5.89 Å². The number of ether oxygens (including phenoxy) is 1. The summed E-state index contributed by atoms with van der Waals surface area (Å²) in [7, 11) is -3.70. The molecule has 1 amide bonds. The second kappa shape index (κ2) is 8.00. The van der Waals surface area contributed by atoms with Crippen molar-refractivity contribution in [3.63, 3.8) is 0 Å². The lowest BCUT2D eigenvalue weighted by atomic mass is 10.1. The molecule has 1 aliphatic heterocycles. The smallest absolute Gasteiger partial charge is 0.425 e. The fraction of sp³-hybridized carbons (Fsp3) is 0.571. The minimum atomic E-state index is -4.65. The van der Waals surface area contributed by atoms with Crippen LogP contribution in [0.5, 0.6) is 5.75 Å². The van der Waals surface area contributed by atoms with Gasteiger partial charge in [0.05, 0.1) is 10.5 Å². The van der Waals surface area contributed by atoms with E-state index < -0.39 is 28.0 Å².